The number of nitro groups is 1. The largest absolute Gasteiger partial charge is 0.464 e. The van der Waals surface area contributed by atoms with Crippen LogP contribution in [0.25, 0.3) is 0 Å². The van der Waals surface area contributed by atoms with E-state index < -0.39 is 40.5 Å². The Morgan fingerprint density at radius 3 is 2.63 bits per heavy atom. The van der Waals surface area contributed by atoms with Crippen LogP contribution in [-0.2, 0) is 19.1 Å². The molecule has 0 aromatic heterocycles. The first kappa shape index (κ1) is 27.1. The van der Waals surface area contributed by atoms with Gasteiger partial charge in [-0.25, -0.2) is 14.4 Å². The van der Waals surface area contributed by atoms with E-state index in [4.69, 9.17) is 9.47 Å². The van der Waals surface area contributed by atoms with Crippen LogP contribution >= 0.6 is 0 Å². The highest BCUT2D eigenvalue weighted by Gasteiger charge is 2.62. The van der Waals surface area contributed by atoms with Gasteiger partial charge in [0.05, 0.1) is 23.6 Å². The summed E-state index contributed by atoms with van der Waals surface area (Å²) in [6, 6.07) is 3.66. The summed E-state index contributed by atoms with van der Waals surface area (Å²) in [5.74, 6) is -1.93. The lowest BCUT2D eigenvalue weighted by Gasteiger charge is -2.30. The minimum atomic E-state index is -1.18. The van der Waals surface area contributed by atoms with Crippen LogP contribution in [0.5, 0.6) is 0 Å². The zero-order valence-corrected chi connectivity index (χ0v) is 21.5. The topological polar surface area (TPSA) is 148 Å². The van der Waals surface area contributed by atoms with Crippen LogP contribution in [0.2, 0.25) is 0 Å². The second kappa shape index (κ2) is 11.2. The van der Waals surface area contributed by atoms with E-state index in [1.165, 1.54) is 34.1 Å². The molecular formula is C26H32N4O8. The first-order valence-electron chi connectivity index (χ1n) is 12.8. The summed E-state index contributed by atoms with van der Waals surface area (Å²) >= 11 is 0. The van der Waals surface area contributed by atoms with Crippen molar-refractivity contribution in [3.8, 4) is 0 Å². The summed E-state index contributed by atoms with van der Waals surface area (Å²) in [5, 5.41) is 13.7. The number of nitrogens with one attached hydrogen (secondary N) is 1. The number of esters is 2. The first-order valence-corrected chi connectivity index (χ1v) is 12.8. The van der Waals surface area contributed by atoms with Gasteiger partial charge >= 0.3 is 18.0 Å². The van der Waals surface area contributed by atoms with Crippen molar-refractivity contribution in [1.29, 1.82) is 0 Å². The number of urea groups is 1. The molecule has 1 saturated carbocycles. The summed E-state index contributed by atoms with van der Waals surface area (Å²) in [5.41, 5.74) is -1.22. The lowest BCUT2D eigenvalue weighted by Crippen LogP contribution is -2.55. The van der Waals surface area contributed by atoms with Gasteiger partial charge in [0.1, 0.15) is 17.7 Å². The van der Waals surface area contributed by atoms with E-state index in [0.29, 0.717) is 13.0 Å². The number of hydrogen-bond donors (Lipinski definition) is 1. The molecule has 2 aliphatic heterocycles. The Morgan fingerprint density at radius 1 is 1.21 bits per heavy atom. The molecule has 3 amide bonds. The molecule has 0 radical (unpaired) electrons. The number of non-ortho nitro benzene ring substituents is 1. The third kappa shape index (κ3) is 5.63. The number of nitro benzene ring substituents is 1. The fourth-order valence-corrected chi connectivity index (χ4v) is 4.98. The number of carbonyl (C=O) groups is 4. The van der Waals surface area contributed by atoms with Crippen molar-refractivity contribution >= 4 is 29.6 Å². The molecule has 1 saturated heterocycles. The predicted octanol–water partition coefficient (Wildman–Crippen LogP) is 2.42. The summed E-state index contributed by atoms with van der Waals surface area (Å²) in [6.07, 6.45) is 6.03. The number of allylic oxidation sites excluding steroid dienone is 1. The third-order valence-corrected chi connectivity index (χ3v) is 7.21. The Labute approximate surface area is 220 Å². The Hall–Kier alpha value is -3.96. The SMILES string of the molecule is CCOC(=O)[C@@]12C[C@H]1C=CCCCCN(C)C(=O)N1C[C@H](OC(=O)c3ccc([N+](=O)[O-])cc3)C[C@H]1C(=O)N2. The van der Waals surface area contributed by atoms with Gasteiger partial charge in [0, 0.05) is 38.1 Å². The molecule has 1 aliphatic carbocycles. The van der Waals surface area contributed by atoms with Crippen molar-refractivity contribution in [2.45, 2.75) is 56.7 Å². The highest BCUT2D eigenvalue weighted by molar-refractivity contribution is 5.95. The number of rotatable bonds is 5. The zero-order chi connectivity index (χ0) is 27.4. The van der Waals surface area contributed by atoms with Crippen LogP contribution in [0, 0.1) is 16.0 Å². The van der Waals surface area contributed by atoms with E-state index in [-0.39, 0.29) is 42.8 Å². The number of benzene rings is 1. The summed E-state index contributed by atoms with van der Waals surface area (Å²) < 4.78 is 10.9. The van der Waals surface area contributed by atoms with E-state index in [9.17, 15) is 29.3 Å². The number of fused-ring (bicyclic) bond motifs is 2. The number of ether oxygens (including phenoxy) is 2. The molecule has 12 nitrogen and oxygen atoms in total. The van der Waals surface area contributed by atoms with Crippen LogP contribution < -0.4 is 5.32 Å². The molecule has 1 aromatic carbocycles. The number of nitrogens with zero attached hydrogens (tertiary/aromatic N) is 3. The summed E-state index contributed by atoms with van der Waals surface area (Å²) in [4.78, 5) is 65.6. The molecule has 1 aromatic rings. The summed E-state index contributed by atoms with van der Waals surface area (Å²) in [6.45, 7) is 2.37. The van der Waals surface area contributed by atoms with Crippen molar-refractivity contribution in [3.63, 3.8) is 0 Å². The van der Waals surface area contributed by atoms with Crippen LogP contribution in [-0.4, -0.2) is 83.0 Å². The zero-order valence-electron chi connectivity index (χ0n) is 21.5. The van der Waals surface area contributed by atoms with Gasteiger partial charge in [-0.15, -0.1) is 0 Å². The molecular weight excluding hydrogens is 496 g/mol. The Kier molecular flexibility index (Phi) is 7.98. The van der Waals surface area contributed by atoms with Crippen molar-refractivity contribution in [3.05, 3.63) is 52.1 Å². The van der Waals surface area contributed by atoms with Gasteiger partial charge in [-0.1, -0.05) is 12.2 Å². The molecule has 2 heterocycles. The number of carbonyl (C=O) groups excluding carboxylic acids is 4. The van der Waals surface area contributed by atoms with Gasteiger partial charge in [0.15, 0.2) is 0 Å². The molecule has 204 valence electrons. The minimum Gasteiger partial charge on any atom is -0.464 e. The van der Waals surface area contributed by atoms with Gasteiger partial charge in [-0.2, -0.15) is 0 Å². The average Bonchev–Trinajstić information content (AvgIpc) is 3.42. The van der Waals surface area contributed by atoms with E-state index in [2.05, 4.69) is 5.32 Å². The quantitative estimate of drug-likeness (QED) is 0.265. The molecule has 1 N–H and O–H groups in total. The Morgan fingerprint density at radius 2 is 1.95 bits per heavy atom. The number of hydrogen-bond acceptors (Lipinski definition) is 8. The highest BCUT2D eigenvalue weighted by atomic mass is 16.6. The van der Waals surface area contributed by atoms with Gasteiger partial charge in [-0.3, -0.25) is 14.9 Å². The molecule has 12 heteroatoms. The van der Waals surface area contributed by atoms with Crippen molar-refractivity contribution in [2.24, 2.45) is 5.92 Å². The maximum Gasteiger partial charge on any atom is 0.338 e. The Bertz CT molecular complexity index is 1140. The van der Waals surface area contributed by atoms with E-state index >= 15 is 0 Å². The van der Waals surface area contributed by atoms with E-state index in [1.54, 1.807) is 14.0 Å². The van der Waals surface area contributed by atoms with Crippen LogP contribution in [0.15, 0.2) is 36.4 Å². The van der Waals surface area contributed by atoms with Gasteiger partial charge in [0.2, 0.25) is 5.91 Å². The molecule has 4 atom stereocenters. The van der Waals surface area contributed by atoms with E-state index in [0.717, 1.165) is 19.3 Å². The molecule has 38 heavy (non-hydrogen) atoms. The van der Waals surface area contributed by atoms with Crippen LogP contribution in [0.1, 0.15) is 49.4 Å². The third-order valence-electron chi connectivity index (χ3n) is 7.21. The van der Waals surface area contributed by atoms with Crippen molar-refractivity contribution in [2.75, 3.05) is 26.7 Å². The first-order chi connectivity index (χ1) is 18.2. The van der Waals surface area contributed by atoms with Gasteiger partial charge in [-0.05, 0) is 44.7 Å². The molecule has 0 bridgehead atoms. The molecule has 3 aliphatic rings. The van der Waals surface area contributed by atoms with Crippen LogP contribution in [0.4, 0.5) is 10.5 Å². The lowest BCUT2D eigenvalue weighted by molar-refractivity contribution is -0.384. The second-order valence-corrected chi connectivity index (χ2v) is 9.85. The highest BCUT2D eigenvalue weighted by Crippen LogP contribution is 2.46. The smallest absolute Gasteiger partial charge is 0.338 e. The molecule has 2 fully saturated rings. The standard InChI is InChI=1S/C26H32N4O8/c1-3-37-24(33)26-15-18(26)8-6-4-5-7-13-28(2)25(34)29-16-20(14-21(29)22(31)27-26)38-23(32)17-9-11-19(12-10-17)30(35)36/h6,8-12,18,20-21H,3-5,7,13-16H2,1-2H3,(H,27,31)/t18-,20-,21+,26-/m1/s1. The summed E-state index contributed by atoms with van der Waals surface area (Å²) in [7, 11) is 1.66. The average molecular weight is 529 g/mol. The normalized spacial score (nSPS) is 27.5. The maximum atomic E-state index is 13.5. The van der Waals surface area contributed by atoms with Crippen LogP contribution in [0.3, 0.4) is 0 Å². The van der Waals surface area contributed by atoms with Crippen molar-refractivity contribution < 1.29 is 33.6 Å². The Balaban J connectivity index is 1.54. The molecule has 0 unspecified atom stereocenters. The minimum absolute atomic E-state index is 0.00425. The number of amides is 3. The van der Waals surface area contributed by atoms with E-state index in [1.807, 2.05) is 12.2 Å². The monoisotopic (exact) mass is 528 g/mol. The molecule has 4 rings (SSSR count). The second-order valence-electron chi connectivity index (χ2n) is 9.85. The fraction of sp³-hybridized carbons (Fsp3) is 0.538. The molecule has 0 spiro atoms. The predicted molar refractivity (Wildman–Crippen MR) is 134 cm³/mol. The maximum absolute atomic E-state index is 13.5. The van der Waals surface area contributed by atoms with Gasteiger partial charge in [0.25, 0.3) is 5.69 Å². The lowest BCUT2D eigenvalue weighted by atomic mass is 10.1. The van der Waals surface area contributed by atoms with Crippen molar-refractivity contribution in [1.82, 2.24) is 15.1 Å². The fourth-order valence-electron chi connectivity index (χ4n) is 4.98. The van der Waals surface area contributed by atoms with Gasteiger partial charge < -0.3 is 24.6 Å².